The molecule has 1 aromatic carbocycles. The van der Waals surface area contributed by atoms with Crippen LogP contribution in [0.4, 0.5) is 14.5 Å². The van der Waals surface area contributed by atoms with Crippen LogP contribution in [0.1, 0.15) is 34.5 Å². The quantitative estimate of drug-likeness (QED) is 0.702. The van der Waals surface area contributed by atoms with E-state index in [9.17, 15) is 13.6 Å². The highest BCUT2D eigenvalue weighted by Crippen LogP contribution is 2.50. The lowest BCUT2D eigenvalue weighted by molar-refractivity contribution is 0.102. The van der Waals surface area contributed by atoms with Crippen molar-refractivity contribution in [2.24, 2.45) is 10.7 Å². The molecule has 0 bridgehead atoms. The van der Waals surface area contributed by atoms with Crippen LogP contribution in [0.3, 0.4) is 0 Å². The van der Waals surface area contributed by atoms with E-state index < -0.39 is 29.1 Å². The summed E-state index contributed by atoms with van der Waals surface area (Å²) in [4.78, 5) is 24.6. The molecule has 0 saturated carbocycles. The summed E-state index contributed by atoms with van der Waals surface area (Å²) in [6, 6.07) is 5.34. The van der Waals surface area contributed by atoms with E-state index in [-0.39, 0.29) is 23.8 Å². The molecule has 152 valence electrons. The molecule has 2 atom stereocenters. The highest BCUT2D eigenvalue weighted by Gasteiger charge is 2.50. The molecule has 3 N–H and O–H groups in total. The number of anilines is 1. The number of alkyl halides is 2. The number of carbonyl (C=O) groups is 1. The lowest BCUT2D eigenvalue weighted by atomic mass is 9.52. The molecule has 1 aromatic heterocycles. The van der Waals surface area contributed by atoms with Gasteiger partial charge in [0.15, 0.2) is 5.67 Å². The SMILES string of the molecule is [B]C([B])([B])Oc1cnc(C(=O)Nc2ccc3c(c2)[C@@]2(CC[C@@](F)(CF)C(N)=N2)C3)cn1. The number of rotatable bonds is 5. The topological polar surface area (TPSA) is 102 Å². The number of nitrogens with one attached hydrogen (secondary N) is 1. The van der Waals surface area contributed by atoms with Gasteiger partial charge < -0.3 is 15.8 Å². The third-order valence-corrected chi connectivity index (χ3v) is 5.43. The fourth-order valence-electron chi connectivity index (χ4n) is 3.79. The molecule has 2 aliphatic rings. The standard InChI is InChI=1S/C19H16B3F2N5O2/c20-19(21,22)31-14-8-26-13(7-27-14)15(30)28-11-2-1-10-6-18(12(10)5-11)4-3-17(24,9-23)16(25)29-18/h1-2,5,7-8H,3-4,6,9H2,(H2,25,29)(H,28,30)/t17-,18-/m1/s1. The first-order valence-corrected chi connectivity index (χ1v) is 9.47. The minimum atomic E-state index is -2.21. The molecular formula is C19H16B3F2N5O2. The summed E-state index contributed by atoms with van der Waals surface area (Å²) < 4.78 is 32.4. The average molecular weight is 417 g/mol. The van der Waals surface area contributed by atoms with Gasteiger partial charge in [0.25, 0.3) is 5.91 Å². The number of nitrogens with zero attached hydrogens (tertiary/aromatic N) is 3. The fraction of sp³-hybridized carbons (Fsp3) is 0.368. The van der Waals surface area contributed by atoms with Crippen molar-refractivity contribution in [3.63, 3.8) is 0 Å². The zero-order valence-electron chi connectivity index (χ0n) is 16.4. The third-order valence-electron chi connectivity index (χ3n) is 5.43. The maximum atomic E-state index is 14.4. The summed E-state index contributed by atoms with van der Waals surface area (Å²) in [6.07, 6.45) is 3.21. The van der Waals surface area contributed by atoms with E-state index in [1.54, 1.807) is 12.1 Å². The Morgan fingerprint density at radius 2 is 2.03 bits per heavy atom. The van der Waals surface area contributed by atoms with E-state index in [4.69, 9.17) is 34.0 Å². The summed E-state index contributed by atoms with van der Waals surface area (Å²) in [5.74, 6) is -0.883. The number of aliphatic imine (C=N–C) groups is 1. The Labute approximate surface area is 181 Å². The molecule has 0 fully saturated rings. The molecule has 1 amide bonds. The first-order valence-electron chi connectivity index (χ1n) is 9.47. The second-order valence-corrected chi connectivity index (χ2v) is 7.83. The van der Waals surface area contributed by atoms with Gasteiger partial charge in [-0.15, -0.1) is 0 Å². The van der Waals surface area contributed by atoms with Gasteiger partial charge in [0.05, 0.1) is 17.9 Å². The number of aromatic nitrogens is 2. The number of fused-ring (bicyclic) bond motifs is 2. The van der Waals surface area contributed by atoms with Crippen molar-refractivity contribution in [3.05, 3.63) is 47.4 Å². The van der Waals surface area contributed by atoms with Gasteiger partial charge in [-0.2, -0.15) is 0 Å². The number of ether oxygens (including phenoxy) is 1. The Bertz CT molecular complexity index is 1060. The zero-order valence-corrected chi connectivity index (χ0v) is 16.4. The summed E-state index contributed by atoms with van der Waals surface area (Å²) in [5.41, 5.74) is 5.18. The van der Waals surface area contributed by atoms with Gasteiger partial charge in [0, 0.05) is 12.1 Å². The van der Waals surface area contributed by atoms with Crippen molar-refractivity contribution < 1.29 is 18.3 Å². The minimum Gasteiger partial charge on any atom is -0.500 e. The van der Waals surface area contributed by atoms with Gasteiger partial charge in [-0.1, -0.05) is 6.07 Å². The molecule has 0 unspecified atom stereocenters. The molecule has 1 aliphatic carbocycles. The monoisotopic (exact) mass is 417 g/mol. The van der Waals surface area contributed by atoms with E-state index in [0.29, 0.717) is 18.5 Å². The smallest absolute Gasteiger partial charge is 0.275 e. The Kier molecular flexibility index (Phi) is 5.06. The van der Waals surface area contributed by atoms with Crippen LogP contribution in [-0.2, 0) is 12.0 Å². The summed E-state index contributed by atoms with van der Waals surface area (Å²) >= 11 is 0. The van der Waals surface area contributed by atoms with Crippen LogP contribution >= 0.6 is 0 Å². The number of hydrogen-bond donors (Lipinski definition) is 2. The van der Waals surface area contributed by atoms with Crippen molar-refractivity contribution in [2.45, 2.75) is 35.8 Å². The van der Waals surface area contributed by atoms with Gasteiger partial charge in [0.2, 0.25) is 5.88 Å². The molecule has 1 spiro atoms. The third kappa shape index (κ3) is 4.03. The zero-order chi connectivity index (χ0) is 22.4. The van der Waals surface area contributed by atoms with Crippen molar-refractivity contribution in [2.75, 3.05) is 12.0 Å². The lowest BCUT2D eigenvalue weighted by Crippen LogP contribution is -2.52. The summed E-state index contributed by atoms with van der Waals surface area (Å²) in [6.45, 7) is -1.20. The summed E-state index contributed by atoms with van der Waals surface area (Å²) in [5, 5.41) is 0.799. The molecule has 2 aromatic rings. The normalized spacial score (nSPS) is 24.6. The number of carbonyl (C=O) groups excluding carboxylic acids is 1. The van der Waals surface area contributed by atoms with Crippen LogP contribution in [0.5, 0.6) is 5.88 Å². The molecule has 12 heteroatoms. The van der Waals surface area contributed by atoms with Gasteiger partial charge in [-0.05, 0) is 41.4 Å². The van der Waals surface area contributed by atoms with E-state index in [2.05, 4.69) is 20.3 Å². The Balaban J connectivity index is 1.50. The van der Waals surface area contributed by atoms with E-state index in [0.717, 1.165) is 17.3 Å². The molecule has 7 nitrogen and oxygen atoms in total. The molecule has 0 saturated heterocycles. The predicted molar refractivity (Wildman–Crippen MR) is 113 cm³/mol. The van der Waals surface area contributed by atoms with Crippen molar-refractivity contribution >= 4 is 41.0 Å². The fourth-order valence-corrected chi connectivity index (χ4v) is 3.79. The Hall–Kier alpha value is -2.91. The van der Waals surface area contributed by atoms with E-state index in [1.807, 2.05) is 6.07 Å². The van der Waals surface area contributed by atoms with Crippen molar-refractivity contribution in [1.29, 1.82) is 0 Å². The predicted octanol–water partition coefficient (Wildman–Crippen LogP) is 0.805. The molecule has 6 radical (unpaired) electrons. The van der Waals surface area contributed by atoms with Crippen LogP contribution in [0.25, 0.3) is 0 Å². The summed E-state index contributed by atoms with van der Waals surface area (Å²) in [7, 11) is 16.0. The van der Waals surface area contributed by atoms with Crippen LogP contribution in [0, 0.1) is 0 Å². The van der Waals surface area contributed by atoms with Crippen LogP contribution in [0.15, 0.2) is 35.6 Å². The number of halogens is 2. The van der Waals surface area contributed by atoms with Crippen LogP contribution in [0.2, 0.25) is 0 Å². The second-order valence-electron chi connectivity index (χ2n) is 7.83. The van der Waals surface area contributed by atoms with E-state index in [1.165, 1.54) is 6.20 Å². The van der Waals surface area contributed by atoms with Crippen LogP contribution < -0.4 is 15.8 Å². The molecule has 4 rings (SSSR count). The largest absolute Gasteiger partial charge is 0.500 e. The van der Waals surface area contributed by atoms with Gasteiger partial charge in [0.1, 0.15) is 41.7 Å². The highest BCUT2D eigenvalue weighted by atomic mass is 19.2. The number of nitrogens with two attached hydrogens (primary N) is 1. The number of amides is 1. The lowest BCUT2D eigenvalue weighted by Gasteiger charge is -2.46. The maximum absolute atomic E-state index is 14.4. The Morgan fingerprint density at radius 1 is 1.26 bits per heavy atom. The van der Waals surface area contributed by atoms with Gasteiger partial charge >= 0.3 is 0 Å². The number of hydrogen-bond acceptors (Lipinski definition) is 6. The average Bonchev–Trinajstić information content (AvgIpc) is 2.70. The number of amidine groups is 1. The van der Waals surface area contributed by atoms with Crippen LogP contribution in [-0.4, -0.2) is 62.9 Å². The number of benzene rings is 1. The van der Waals surface area contributed by atoms with Gasteiger partial charge in [-0.25, -0.2) is 18.7 Å². The molecular weight excluding hydrogens is 401 g/mol. The van der Waals surface area contributed by atoms with Gasteiger partial charge in [-0.3, -0.25) is 9.79 Å². The molecule has 2 heterocycles. The first kappa shape index (κ1) is 21.3. The highest BCUT2D eigenvalue weighted by molar-refractivity contribution is 6.58. The minimum absolute atomic E-state index is 0.0199. The van der Waals surface area contributed by atoms with E-state index >= 15 is 0 Å². The molecule has 1 aliphatic heterocycles. The molecule has 31 heavy (non-hydrogen) atoms. The van der Waals surface area contributed by atoms with Crippen molar-refractivity contribution in [3.8, 4) is 5.88 Å². The second kappa shape index (κ2) is 7.35. The first-order chi connectivity index (χ1) is 14.5. The Morgan fingerprint density at radius 3 is 2.65 bits per heavy atom. The van der Waals surface area contributed by atoms with Crippen molar-refractivity contribution in [1.82, 2.24) is 9.97 Å². The maximum Gasteiger partial charge on any atom is 0.275 e.